The molecule has 0 saturated carbocycles. The average molecular weight is 167 g/mol. The van der Waals surface area contributed by atoms with Gasteiger partial charge in [0.1, 0.15) is 0 Å². The maximum absolute atomic E-state index is 10.2. The predicted octanol–water partition coefficient (Wildman–Crippen LogP) is 0.00160. The van der Waals surface area contributed by atoms with Gasteiger partial charge in [-0.1, -0.05) is 6.92 Å². The molecular formula is C5H13NO3S. The molecule has 0 aromatic carbocycles. The number of nitrogens with two attached hydrogens (primary N) is 1. The van der Waals surface area contributed by atoms with Gasteiger partial charge in [-0.2, -0.15) is 8.42 Å². The van der Waals surface area contributed by atoms with Gasteiger partial charge in [-0.05, 0) is 12.8 Å². The van der Waals surface area contributed by atoms with E-state index in [1.807, 2.05) is 6.92 Å². The number of hydrogen-bond donors (Lipinski definition) is 2. The molecule has 0 saturated heterocycles. The summed E-state index contributed by atoms with van der Waals surface area (Å²) in [5.41, 5.74) is 5.40. The molecule has 4 nitrogen and oxygen atoms in total. The molecule has 0 rings (SSSR count). The molecule has 0 aromatic heterocycles. The van der Waals surface area contributed by atoms with Crippen molar-refractivity contribution in [2.45, 2.75) is 25.8 Å². The second kappa shape index (κ2) is 3.90. The summed E-state index contributed by atoms with van der Waals surface area (Å²) in [6, 6.07) is -0.123. The minimum absolute atomic E-state index is 0.123. The maximum Gasteiger partial charge on any atom is 0.264 e. The van der Waals surface area contributed by atoms with Crippen molar-refractivity contribution < 1.29 is 13.0 Å². The number of rotatable bonds is 4. The zero-order valence-corrected chi connectivity index (χ0v) is 6.76. The van der Waals surface area contributed by atoms with Crippen LogP contribution in [0.2, 0.25) is 0 Å². The third kappa shape index (κ3) is 6.00. The van der Waals surface area contributed by atoms with Crippen LogP contribution in [-0.2, 0) is 10.1 Å². The molecular weight excluding hydrogens is 154 g/mol. The van der Waals surface area contributed by atoms with E-state index in [-0.39, 0.29) is 11.8 Å². The van der Waals surface area contributed by atoms with E-state index in [1.54, 1.807) is 0 Å². The Morgan fingerprint density at radius 1 is 1.60 bits per heavy atom. The van der Waals surface area contributed by atoms with Gasteiger partial charge in [0.15, 0.2) is 0 Å². The lowest BCUT2D eigenvalue weighted by Crippen LogP contribution is -2.22. The Labute approximate surface area is 61.2 Å². The first-order valence-electron chi connectivity index (χ1n) is 3.16. The van der Waals surface area contributed by atoms with Gasteiger partial charge in [0, 0.05) is 6.04 Å². The van der Waals surface area contributed by atoms with E-state index in [0.717, 1.165) is 6.42 Å². The minimum atomic E-state index is -3.81. The summed E-state index contributed by atoms with van der Waals surface area (Å²) >= 11 is 0. The normalized spacial score (nSPS) is 15.1. The fourth-order valence-corrected chi connectivity index (χ4v) is 1.11. The maximum atomic E-state index is 10.2. The Morgan fingerprint density at radius 2 is 2.10 bits per heavy atom. The highest BCUT2D eigenvalue weighted by Crippen LogP contribution is 1.95. The highest BCUT2D eigenvalue weighted by molar-refractivity contribution is 7.85. The van der Waals surface area contributed by atoms with Crippen molar-refractivity contribution in [3.63, 3.8) is 0 Å². The van der Waals surface area contributed by atoms with Crippen LogP contribution in [0.4, 0.5) is 0 Å². The highest BCUT2D eigenvalue weighted by Gasteiger charge is 2.07. The Hall–Kier alpha value is -0.130. The van der Waals surface area contributed by atoms with Gasteiger partial charge in [-0.3, -0.25) is 4.55 Å². The van der Waals surface area contributed by atoms with Gasteiger partial charge < -0.3 is 5.73 Å². The van der Waals surface area contributed by atoms with Crippen LogP contribution < -0.4 is 5.73 Å². The van der Waals surface area contributed by atoms with Crippen molar-refractivity contribution in [1.29, 1.82) is 0 Å². The molecule has 0 fully saturated rings. The summed E-state index contributed by atoms with van der Waals surface area (Å²) in [6.07, 6.45) is 1.06. The third-order valence-corrected chi connectivity index (χ3v) is 2.02. The summed E-state index contributed by atoms with van der Waals surface area (Å²) in [6.45, 7) is 1.87. The van der Waals surface area contributed by atoms with Crippen LogP contribution in [0.25, 0.3) is 0 Å². The van der Waals surface area contributed by atoms with E-state index in [1.165, 1.54) is 0 Å². The molecule has 0 bridgehead atoms. The Balaban J connectivity index is 3.56. The summed E-state index contributed by atoms with van der Waals surface area (Å²) in [7, 11) is -3.81. The molecule has 1 unspecified atom stereocenters. The lowest BCUT2D eigenvalue weighted by Gasteiger charge is -2.04. The van der Waals surface area contributed by atoms with Gasteiger partial charge in [-0.15, -0.1) is 0 Å². The van der Waals surface area contributed by atoms with Gasteiger partial charge in [0.05, 0.1) is 5.75 Å². The van der Waals surface area contributed by atoms with E-state index in [4.69, 9.17) is 10.3 Å². The fraction of sp³-hybridized carbons (Fsp3) is 1.00. The monoisotopic (exact) mass is 167 g/mol. The average Bonchev–Trinajstić information content (AvgIpc) is 1.81. The van der Waals surface area contributed by atoms with E-state index in [2.05, 4.69) is 0 Å². The Bertz CT molecular complexity index is 175. The van der Waals surface area contributed by atoms with Crippen LogP contribution in [0.5, 0.6) is 0 Å². The van der Waals surface area contributed by atoms with Crippen molar-refractivity contribution in [2.24, 2.45) is 5.73 Å². The highest BCUT2D eigenvalue weighted by atomic mass is 32.2. The van der Waals surface area contributed by atoms with Crippen LogP contribution in [-0.4, -0.2) is 24.8 Å². The first kappa shape index (κ1) is 9.87. The second-order valence-corrected chi connectivity index (χ2v) is 3.82. The van der Waals surface area contributed by atoms with Crippen LogP contribution >= 0.6 is 0 Å². The van der Waals surface area contributed by atoms with Crippen LogP contribution in [0.15, 0.2) is 0 Å². The lowest BCUT2D eigenvalue weighted by atomic mass is 10.2. The van der Waals surface area contributed by atoms with Gasteiger partial charge >= 0.3 is 0 Å². The van der Waals surface area contributed by atoms with Gasteiger partial charge in [0.25, 0.3) is 10.1 Å². The first-order valence-corrected chi connectivity index (χ1v) is 4.77. The summed E-state index contributed by atoms with van der Waals surface area (Å²) in [5, 5.41) is 0. The molecule has 5 heteroatoms. The standard InChI is InChI=1S/C5H13NO3S/c1-2-5(6)3-4-10(7,8)9/h5H,2-4,6H2,1H3,(H,7,8,9). The quantitative estimate of drug-likeness (QED) is 0.577. The lowest BCUT2D eigenvalue weighted by molar-refractivity contribution is 0.476. The predicted molar refractivity (Wildman–Crippen MR) is 39.3 cm³/mol. The Kier molecular flexibility index (Phi) is 3.85. The summed E-state index contributed by atoms with van der Waals surface area (Å²) in [5.74, 6) is -0.234. The van der Waals surface area contributed by atoms with Gasteiger partial charge in [-0.25, -0.2) is 0 Å². The van der Waals surface area contributed by atoms with Gasteiger partial charge in [0.2, 0.25) is 0 Å². The first-order chi connectivity index (χ1) is 4.45. The molecule has 0 heterocycles. The molecule has 0 aliphatic rings. The summed E-state index contributed by atoms with van der Waals surface area (Å²) < 4.78 is 28.6. The topological polar surface area (TPSA) is 80.4 Å². The zero-order chi connectivity index (χ0) is 8.20. The fourth-order valence-electron chi connectivity index (χ4n) is 0.504. The van der Waals surface area contributed by atoms with Crippen molar-refractivity contribution in [3.05, 3.63) is 0 Å². The van der Waals surface area contributed by atoms with Crippen molar-refractivity contribution in [3.8, 4) is 0 Å². The largest absolute Gasteiger partial charge is 0.328 e. The molecule has 0 radical (unpaired) electrons. The van der Waals surface area contributed by atoms with E-state index in [9.17, 15) is 8.42 Å². The SMILES string of the molecule is CCC(N)CCS(=O)(=O)O. The molecule has 0 aliphatic heterocycles. The Morgan fingerprint density at radius 3 is 2.40 bits per heavy atom. The smallest absolute Gasteiger partial charge is 0.264 e. The molecule has 0 amide bonds. The zero-order valence-electron chi connectivity index (χ0n) is 5.95. The molecule has 3 N–H and O–H groups in total. The molecule has 62 valence electrons. The molecule has 0 aromatic rings. The van der Waals surface area contributed by atoms with E-state index < -0.39 is 10.1 Å². The summed E-state index contributed by atoms with van der Waals surface area (Å²) in [4.78, 5) is 0. The van der Waals surface area contributed by atoms with Crippen molar-refractivity contribution >= 4 is 10.1 Å². The third-order valence-electron chi connectivity index (χ3n) is 1.27. The van der Waals surface area contributed by atoms with Crippen molar-refractivity contribution in [1.82, 2.24) is 0 Å². The van der Waals surface area contributed by atoms with Crippen LogP contribution in [0.3, 0.4) is 0 Å². The molecule has 0 aliphatic carbocycles. The van der Waals surface area contributed by atoms with Crippen molar-refractivity contribution in [2.75, 3.05) is 5.75 Å². The molecule has 1 atom stereocenters. The van der Waals surface area contributed by atoms with Crippen LogP contribution in [0.1, 0.15) is 19.8 Å². The molecule has 10 heavy (non-hydrogen) atoms. The minimum Gasteiger partial charge on any atom is -0.328 e. The molecule has 0 spiro atoms. The van der Waals surface area contributed by atoms with E-state index >= 15 is 0 Å². The second-order valence-electron chi connectivity index (χ2n) is 2.24. The number of hydrogen-bond acceptors (Lipinski definition) is 3. The van der Waals surface area contributed by atoms with E-state index in [0.29, 0.717) is 6.42 Å². The van der Waals surface area contributed by atoms with Crippen LogP contribution in [0, 0.1) is 0 Å².